The third-order valence-electron chi connectivity index (χ3n) is 0.478. The summed E-state index contributed by atoms with van der Waals surface area (Å²) >= 11 is 0. The summed E-state index contributed by atoms with van der Waals surface area (Å²) in [6, 6.07) is 1.78. The average molecular weight is 95.1 g/mol. The summed E-state index contributed by atoms with van der Waals surface area (Å²) in [7, 11) is 0. The quantitative estimate of drug-likeness (QED) is 0.479. The SMILES string of the molecule is [CH3].c1cncnc1. The normalized spacial score (nSPS) is 6.86. The van der Waals surface area contributed by atoms with E-state index in [-0.39, 0.29) is 7.43 Å². The van der Waals surface area contributed by atoms with Gasteiger partial charge in [0.15, 0.2) is 0 Å². The molecule has 1 aromatic rings. The largest absolute Gasteiger partial charge is 0.245 e. The lowest BCUT2D eigenvalue weighted by molar-refractivity contribution is 1.17. The Hall–Kier alpha value is -0.920. The molecule has 0 aliphatic rings. The minimum Gasteiger partial charge on any atom is -0.245 e. The minimum absolute atomic E-state index is 0. The van der Waals surface area contributed by atoms with Gasteiger partial charge in [-0.15, -0.1) is 0 Å². The fourth-order valence-corrected chi connectivity index (χ4v) is 0.253. The molecule has 0 saturated heterocycles. The van der Waals surface area contributed by atoms with Crippen molar-refractivity contribution in [2.75, 3.05) is 0 Å². The summed E-state index contributed by atoms with van der Waals surface area (Å²) in [5, 5.41) is 0. The number of hydrogen-bond acceptors (Lipinski definition) is 2. The van der Waals surface area contributed by atoms with Crippen molar-refractivity contribution in [3.05, 3.63) is 32.2 Å². The molecule has 0 unspecified atom stereocenters. The highest BCUT2D eigenvalue weighted by atomic mass is 14.8. The molecule has 0 N–H and O–H groups in total. The van der Waals surface area contributed by atoms with Gasteiger partial charge in [0.2, 0.25) is 0 Å². The van der Waals surface area contributed by atoms with E-state index in [1.165, 1.54) is 6.33 Å². The molecule has 0 aliphatic carbocycles. The van der Waals surface area contributed by atoms with E-state index in [0.29, 0.717) is 0 Å². The summed E-state index contributed by atoms with van der Waals surface area (Å²) in [4.78, 5) is 7.35. The van der Waals surface area contributed by atoms with Gasteiger partial charge in [0.1, 0.15) is 6.33 Å². The molecule has 0 spiro atoms. The van der Waals surface area contributed by atoms with Gasteiger partial charge in [0, 0.05) is 12.4 Å². The van der Waals surface area contributed by atoms with Crippen LogP contribution in [0.3, 0.4) is 0 Å². The van der Waals surface area contributed by atoms with Gasteiger partial charge in [-0.2, -0.15) is 0 Å². The predicted octanol–water partition coefficient (Wildman–Crippen LogP) is 0.927. The maximum atomic E-state index is 3.67. The molecule has 0 bridgehead atoms. The maximum absolute atomic E-state index is 3.67. The fourth-order valence-electron chi connectivity index (χ4n) is 0.253. The summed E-state index contributed by atoms with van der Waals surface area (Å²) in [6.45, 7) is 0. The Morgan fingerprint density at radius 1 is 1.00 bits per heavy atom. The molecule has 0 atom stereocenters. The molecule has 1 heterocycles. The molecule has 2 nitrogen and oxygen atoms in total. The molecule has 1 rings (SSSR count). The van der Waals surface area contributed by atoms with Crippen LogP contribution in [-0.2, 0) is 0 Å². The Balaban J connectivity index is 0.000000360. The number of aromatic nitrogens is 2. The second-order valence-corrected chi connectivity index (χ2v) is 0.904. The Morgan fingerprint density at radius 2 is 1.57 bits per heavy atom. The second-order valence-electron chi connectivity index (χ2n) is 0.904. The van der Waals surface area contributed by atoms with Gasteiger partial charge in [-0.25, -0.2) is 9.97 Å². The average Bonchev–Trinajstić information content (AvgIpc) is 1.72. The van der Waals surface area contributed by atoms with E-state index in [4.69, 9.17) is 0 Å². The van der Waals surface area contributed by atoms with Crippen molar-refractivity contribution in [3.63, 3.8) is 0 Å². The Morgan fingerprint density at radius 3 is 1.71 bits per heavy atom. The predicted molar refractivity (Wildman–Crippen MR) is 28.4 cm³/mol. The maximum Gasteiger partial charge on any atom is 0.115 e. The molecule has 2 heteroatoms. The van der Waals surface area contributed by atoms with Crippen LogP contribution in [0.1, 0.15) is 0 Å². The number of nitrogens with zero attached hydrogens (tertiary/aromatic N) is 2. The standard InChI is InChI=1S/C4H4N2.CH3/c1-2-5-4-6-3-1;/h1-4H;1H3. The first-order valence-electron chi connectivity index (χ1n) is 1.70. The van der Waals surface area contributed by atoms with Crippen molar-refractivity contribution in [3.8, 4) is 0 Å². The highest BCUT2D eigenvalue weighted by Gasteiger charge is 1.59. The zero-order valence-corrected chi connectivity index (χ0v) is 4.20. The van der Waals surface area contributed by atoms with Crippen LogP contribution in [0, 0.1) is 7.43 Å². The Kier molecular flexibility index (Phi) is 2.85. The zero-order chi connectivity index (χ0) is 4.24. The first-order chi connectivity index (χ1) is 3.00. The molecule has 7 heavy (non-hydrogen) atoms. The van der Waals surface area contributed by atoms with Gasteiger partial charge in [-0.3, -0.25) is 0 Å². The van der Waals surface area contributed by atoms with Crippen LogP contribution in [0.5, 0.6) is 0 Å². The van der Waals surface area contributed by atoms with Crippen LogP contribution in [-0.4, -0.2) is 9.97 Å². The first-order valence-corrected chi connectivity index (χ1v) is 1.70. The molecule has 1 aromatic heterocycles. The third kappa shape index (κ3) is 1.87. The van der Waals surface area contributed by atoms with Gasteiger partial charge in [-0.1, -0.05) is 7.43 Å². The molecule has 0 fully saturated rings. The van der Waals surface area contributed by atoms with Crippen LogP contribution in [0.4, 0.5) is 0 Å². The fraction of sp³-hybridized carbons (Fsp3) is 0. The van der Waals surface area contributed by atoms with Crippen LogP contribution < -0.4 is 0 Å². The second kappa shape index (κ2) is 3.28. The van der Waals surface area contributed by atoms with E-state index < -0.39 is 0 Å². The highest BCUT2D eigenvalue weighted by molar-refractivity contribution is 4.74. The number of rotatable bonds is 0. The van der Waals surface area contributed by atoms with Gasteiger partial charge in [-0.05, 0) is 6.07 Å². The molecular formula is C5H7N2. The van der Waals surface area contributed by atoms with Gasteiger partial charge >= 0.3 is 0 Å². The molecule has 0 amide bonds. The van der Waals surface area contributed by atoms with Crippen LogP contribution in [0.25, 0.3) is 0 Å². The van der Waals surface area contributed by atoms with Gasteiger partial charge in [0.05, 0.1) is 0 Å². The van der Waals surface area contributed by atoms with Crippen molar-refractivity contribution >= 4 is 0 Å². The van der Waals surface area contributed by atoms with E-state index in [9.17, 15) is 0 Å². The lowest BCUT2D eigenvalue weighted by Gasteiger charge is -1.70. The van der Waals surface area contributed by atoms with Crippen LogP contribution in [0.15, 0.2) is 24.8 Å². The summed E-state index contributed by atoms with van der Waals surface area (Å²) in [5.74, 6) is 0. The van der Waals surface area contributed by atoms with E-state index in [2.05, 4.69) is 9.97 Å². The molecule has 0 aliphatic heterocycles. The van der Waals surface area contributed by atoms with Crippen molar-refractivity contribution < 1.29 is 0 Å². The molecule has 0 saturated carbocycles. The Labute approximate surface area is 43.2 Å². The lowest BCUT2D eigenvalue weighted by atomic mass is 10.7. The van der Waals surface area contributed by atoms with Crippen LogP contribution >= 0.6 is 0 Å². The molecule has 1 radical (unpaired) electrons. The minimum atomic E-state index is 0. The zero-order valence-electron chi connectivity index (χ0n) is 4.20. The summed E-state index contributed by atoms with van der Waals surface area (Å²) in [5.41, 5.74) is 0. The van der Waals surface area contributed by atoms with E-state index in [0.717, 1.165) is 0 Å². The summed E-state index contributed by atoms with van der Waals surface area (Å²) < 4.78 is 0. The van der Waals surface area contributed by atoms with E-state index >= 15 is 0 Å². The third-order valence-corrected chi connectivity index (χ3v) is 0.478. The highest BCUT2D eigenvalue weighted by Crippen LogP contribution is 1.66. The smallest absolute Gasteiger partial charge is 0.115 e. The first kappa shape index (κ1) is 6.08. The van der Waals surface area contributed by atoms with E-state index in [1.807, 2.05) is 0 Å². The van der Waals surface area contributed by atoms with Crippen LogP contribution in [0.2, 0.25) is 0 Å². The molecule has 0 aromatic carbocycles. The van der Waals surface area contributed by atoms with Crippen molar-refractivity contribution in [2.24, 2.45) is 0 Å². The molecule has 37 valence electrons. The summed E-state index contributed by atoms with van der Waals surface area (Å²) in [6.07, 6.45) is 4.88. The molecular weight excluding hydrogens is 88.1 g/mol. The number of hydrogen-bond donors (Lipinski definition) is 0. The van der Waals surface area contributed by atoms with Crippen molar-refractivity contribution in [2.45, 2.75) is 0 Å². The topological polar surface area (TPSA) is 25.8 Å². The monoisotopic (exact) mass is 95.1 g/mol. The Bertz CT molecular complexity index is 78.0. The van der Waals surface area contributed by atoms with Gasteiger partial charge in [0.25, 0.3) is 0 Å². The van der Waals surface area contributed by atoms with Crippen molar-refractivity contribution in [1.82, 2.24) is 9.97 Å². The van der Waals surface area contributed by atoms with Crippen molar-refractivity contribution in [1.29, 1.82) is 0 Å². The van der Waals surface area contributed by atoms with E-state index in [1.54, 1.807) is 18.5 Å². The lowest BCUT2D eigenvalue weighted by Crippen LogP contribution is -1.66. The van der Waals surface area contributed by atoms with Gasteiger partial charge < -0.3 is 0 Å².